The second-order valence-corrected chi connectivity index (χ2v) is 3.75. The Kier molecular flexibility index (Phi) is 4.99. The van der Waals surface area contributed by atoms with E-state index < -0.39 is 0 Å². The third kappa shape index (κ3) is 4.03. The van der Waals surface area contributed by atoms with Crippen LogP contribution in [0.5, 0.6) is 0 Å². The molecule has 0 aliphatic rings. The number of carbonyl (C=O) groups excluding carboxylic acids is 1. The largest absolute Gasteiger partial charge is 0.326 e. The van der Waals surface area contributed by atoms with Crippen molar-refractivity contribution in [2.75, 3.05) is 18.4 Å². The maximum absolute atomic E-state index is 10.8. The summed E-state index contributed by atoms with van der Waals surface area (Å²) in [5, 5.41) is 2.75. The van der Waals surface area contributed by atoms with Crippen LogP contribution in [0.25, 0.3) is 0 Å². The predicted molar refractivity (Wildman–Crippen MR) is 67.1 cm³/mol. The highest BCUT2D eigenvalue weighted by molar-refractivity contribution is 5.88. The number of anilines is 1. The lowest BCUT2D eigenvalue weighted by Crippen LogP contribution is -2.22. The van der Waals surface area contributed by atoms with Gasteiger partial charge in [0.15, 0.2) is 0 Å². The van der Waals surface area contributed by atoms with Crippen molar-refractivity contribution < 1.29 is 4.79 Å². The Balaban J connectivity index is 2.60. The van der Waals surface area contributed by atoms with Crippen molar-refractivity contribution in [1.82, 2.24) is 4.90 Å². The van der Waals surface area contributed by atoms with Gasteiger partial charge in [0.25, 0.3) is 0 Å². The average Bonchev–Trinajstić information content (AvgIpc) is 2.27. The van der Waals surface area contributed by atoms with Crippen molar-refractivity contribution in [2.45, 2.75) is 20.4 Å². The minimum Gasteiger partial charge on any atom is -0.326 e. The molecule has 1 aromatic rings. The Hall–Kier alpha value is -1.35. The van der Waals surface area contributed by atoms with Crippen molar-refractivity contribution in [3.8, 4) is 0 Å². The summed E-state index contributed by atoms with van der Waals surface area (Å²) in [6, 6.07) is 7.91. The third-order valence-electron chi connectivity index (χ3n) is 2.44. The van der Waals surface area contributed by atoms with E-state index in [1.807, 2.05) is 24.3 Å². The highest BCUT2D eigenvalue weighted by Gasteiger charge is 2.01. The molecule has 0 aromatic heterocycles. The topological polar surface area (TPSA) is 32.3 Å². The van der Waals surface area contributed by atoms with Gasteiger partial charge in [0, 0.05) is 19.2 Å². The quantitative estimate of drug-likeness (QED) is 0.824. The van der Waals surface area contributed by atoms with Gasteiger partial charge in [0.05, 0.1) is 0 Å². The molecule has 0 aliphatic carbocycles. The van der Waals surface area contributed by atoms with E-state index in [1.54, 1.807) is 0 Å². The van der Waals surface area contributed by atoms with Crippen LogP contribution < -0.4 is 5.32 Å². The minimum atomic E-state index is -0.0410. The van der Waals surface area contributed by atoms with Crippen LogP contribution in [-0.4, -0.2) is 23.9 Å². The number of carbonyl (C=O) groups is 1. The van der Waals surface area contributed by atoms with Gasteiger partial charge in [-0.3, -0.25) is 9.69 Å². The summed E-state index contributed by atoms with van der Waals surface area (Å²) >= 11 is 0. The SMILES string of the molecule is [CH2]CN(CC)Cc1ccc(NC(C)=O)cc1. The van der Waals surface area contributed by atoms with Gasteiger partial charge in [-0.2, -0.15) is 0 Å². The van der Waals surface area contributed by atoms with Crippen molar-refractivity contribution in [3.05, 3.63) is 36.8 Å². The Morgan fingerprint density at radius 2 is 2.00 bits per heavy atom. The summed E-state index contributed by atoms with van der Waals surface area (Å²) in [5.74, 6) is -0.0410. The zero-order chi connectivity index (χ0) is 12.0. The minimum absolute atomic E-state index is 0.0410. The maximum Gasteiger partial charge on any atom is 0.221 e. The van der Waals surface area contributed by atoms with E-state index in [9.17, 15) is 4.79 Å². The summed E-state index contributed by atoms with van der Waals surface area (Å²) in [6.07, 6.45) is 0. The van der Waals surface area contributed by atoms with Gasteiger partial charge in [-0.05, 0) is 37.7 Å². The molecule has 1 radical (unpaired) electrons. The number of hydrogen-bond donors (Lipinski definition) is 1. The van der Waals surface area contributed by atoms with Crippen LogP contribution in [0.1, 0.15) is 19.4 Å². The highest BCUT2D eigenvalue weighted by atomic mass is 16.1. The van der Waals surface area contributed by atoms with Gasteiger partial charge in [0.2, 0.25) is 5.91 Å². The van der Waals surface area contributed by atoms with E-state index in [1.165, 1.54) is 12.5 Å². The van der Waals surface area contributed by atoms with E-state index in [-0.39, 0.29) is 5.91 Å². The molecule has 3 heteroatoms. The molecule has 3 nitrogen and oxygen atoms in total. The summed E-state index contributed by atoms with van der Waals surface area (Å²) in [4.78, 5) is 13.1. The maximum atomic E-state index is 10.8. The van der Waals surface area contributed by atoms with Crippen LogP contribution in [0.15, 0.2) is 24.3 Å². The first-order valence-electron chi connectivity index (χ1n) is 5.53. The first kappa shape index (κ1) is 12.7. The van der Waals surface area contributed by atoms with Crippen LogP contribution in [0.4, 0.5) is 5.69 Å². The second-order valence-electron chi connectivity index (χ2n) is 3.75. The molecule has 1 rings (SSSR count). The Bertz CT molecular complexity index is 328. The van der Waals surface area contributed by atoms with Gasteiger partial charge in [-0.15, -0.1) is 0 Å². The van der Waals surface area contributed by atoms with E-state index >= 15 is 0 Å². The fourth-order valence-electron chi connectivity index (χ4n) is 1.50. The Morgan fingerprint density at radius 1 is 1.38 bits per heavy atom. The van der Waals surface area contributed by atoms with E-state index in [2.05, 4.69) is 24.1 Å². The molecule has 16 heavy (non-hydrogen) atoms. The van der Waals surface area contributed by atoms with E-state index in [4.69, 9.17) is 0 Å². The normalized spacial score (nSPS) is 10.5. The highest BCUT2D eigenvalue weighted by Crippen LogP contribution is 2.11. The summed E-state index contributed by atoms with van der Waals surface area (Å²) in [7, 11) is 0. The van der Waals surface area contributed by atoms with Gasteiger partial charge < -0.3 is 5.32 Å². The molecule has 0 saturated heterocycles. The van der Waals surface area contributed by atoms with Crippen molar-refractivity contribution in [3.63, 3.8) is 0 Å². The van der Waals surface area contributed by atoms with Crippen molar-refractivity contribution in [2.24, 2.45) is 0 Å². The van der Waals surface area contributed by atoms with Crippen LogP contribution in [0.2, 0.25) is 0 Å². The fraction of sp³-hybridized carbons (Fsp3) is 0.385. The van der Waals surface area contributed by atoms with Gasteiger partial charge in [-0.1, -0.05) is 19.1 Å². The number of hydrogen-bond acceptors (Lipinski definition) is 2. The molecule has 1 aromatic carbocycles. The molecule has 0 aliphatic heterocycles. The predicted octanol–water partition coefficient (Wildman–Crippen LogP) is 2.30. The molecule has 0 bridgehead atoms. The lowest BCUT2D eigenvalue weighted by molar-refractivity contribution is -0.114. The van der Waals surface area contributed by atoms with Crippen LogP contribution in [0, 0.1) is 6.92 Å². The molecule has 0 saturated carbocycles. The lowest BCUT2D eigenvalue weighted by Gasteiger charge is -2.17. The summed E-state index contributed by atoms with van der Waals surface area (Å²) in [6.45, 7) is 10.2. The first-order valence-corrected chi connectivity index (χ1v) is 5.53. The molecule has 1 N–H and O–H groups in total. The van der Waals surface area contributed by atoms with Crippen molar-refractivity contribution >= 4 is 11.6 Å². The average molecular weight is 219 g/mol. The molecule has 1 amide bonds. The standard InChI is InChI=1S/C13H19N2O/c1-4-15(5-2)10-12-6-8-13(9-7-12)14-11(3)16/h6-9H,1,4-5,10H2,2-3H3,(H,14,16). The number of amides is 1. The Labute approximate surface area is 97.5 Å². The van der Waals surface area contributed by atoms with Crippen LogP contribution >= 0.6 is 0 Å². The van der Waals surface area contributed by atoms with Gasteiger partial charge in [-0.25, -0.2) is 0 Å². The molecular weight excluding hydrogens is 200 g/mol. The smallest absolute Gasteiger partial charge is 0.221 e. The lowest BCUT2D eigenvalue weighted by atomic mass is 10.2. The zero-order valence-corrected chi connectivity index (χ0v) is 9.99. The number of nitrogens with zero attached hydrogens (tertiary/aromatic N) is 1. The molecule has 0 unspecified atom stereocenters. The molecule has 0 heterocycles. The van der Waals surface area contributed by atoms with Gasteiger partial charge in [0.1, 0.15) is 0 Å². The number of rotatable bonds is 5. The number of nitrogens with one attached hydrogen (secondary N) is 1. The van der Waals surface area contributed by atoms with Gasteiger partial charge >= 0.3 is 0 Å². The van der Waals surface area contributed by atoms with Crippen LogP contribution in [0.3, 0.4) is 0 Å². The summed E-state index contributed by atoms with van der Waals surface area (Å²) < 4.78 is 0. The fourth-order valence-corrected chi connectivity index (χ4v) is 1.50. The Morgan fingerprint density at radius 3 is 2.44 bits per heavy atom. The molecular formula is C13H19N2O. The first-order chi connectivity index (χ1) is 7.65. The molecule has 87 valence electrons. The molecule has 0 fully saturated rings. The van der Waals surface area contributed by atoms with Crippen LogP contribution in [-0.2, 0) is 11.3 Å². The molecule has 0 spiro atoms. The zero-order valence-electron chi connectivity index (χ0n) is 9.99. The molecule has 0 atom stereocenters. The summed E-state index contributed by atoms with van der Waals surface area (Å²) in [5.41, 5.74) is 2.08. The monoisotopic (exact) mass is 219 g/mol. The van der Waals surface area contributed by atoms with Crippen molar-refractivity contribution in [1.29, 1.82) is 0 Å². The second kappa shape index (κ2) is 6.28. The van der Waals surface area contributed by atoms with E-state index in [0.29, 0.717) is 0 Å². The third-order valence-corrected chi connectivity index (χ3v) is 2.44. The number of benzene rings is 1. The van der Waals surface area contributed by atoms with E-state index in [0.717, 1.165) is 25.3 Å².